The van der Waals surface area contributed by atoms with Crippen LogP contribution >= 0.6 is 0 Å². The number of hydrogen-bond acceptors (Lipinski definition) is 2. The van der Waals surface area contributed by atoms with Gasteiger partial charge in [0.05, 0.1) is 25.1 Å². The van der Waals surface area contributed by atoms with Crippen LogP contribution in [0.3, 0.4) is 0 Å². The maximum atomic E-state index is 5.87. The van der Waals surface area contributed by atoms with Crippen LogP contribution in [-0.2, 0) is 9.47 Å². The first-order valence-corrected chi connectivity index (χ1v) is 5.63. The van der Waals surface area contributed by atoms with Gasteiger partial charge in [-0.2, -0.15) is 0 Å². The maximum Gasteiger partial charge on any atom is 0.0879 e. The molecule has 0 N–H and O–H groups in total. The molecule has 3 unspecified atom stereocenters. The monoisotopic (exact) mass is 196 g/mol. The highest BCUT2D eigenvalue weighted by atomic mass is 16.5. The molecule has 2 nitrogen and oxygen atoms in total. The van der Waals surface area contributed by atoms with Gasteiger partial charge in [0.15, 0.2) is 0 Å². The van der Waals surface area contributed by atoms with E-state index in [2.05, 4.69) is 6.92 Å². The summed E-state index contributed by atoms with van der Waals surface area (Å²) >= 11 is 0. The zero-order valence-corrected chi connectivity index (χ0v) is 9.16. The molecule has 2 saturated heterocycles. The number of ether oxygens (including phenoxy) is 2. The van der Waals surface area contributed by atoms with Gasteiger partial charge in [0, 0.05) is 0 Å². The molecule has 2 aliphatic rings. The highest BCUT2D eigenvalue weighted by Gasteiger charge is 2.48. The molecule has 2 aliphatic heterocycles. The summed E-state index contributed by atoms with van der Waals surface area (Å²) in [5, 5.41) is 0. The van der Waals surface area contributed by atoms with E-state index in [1.807, 2.05) is 13.0 Å². The lowest BCUT2D eigenvalue weighted by Crippen LogP contribution is -2.30. The summed E-state index contributed by atoms with van der Waals surface area (Å²) in [5.74, 6) is 0. The van der Waals surface area contributed by atoms with E-state index in [1.54, 1.807) is 6.26 Å². The summed E-state index contributed by atoms with van der Waals surface area (Å²) in [6.45, 7) is 5.14. The molecule has 0 radical (unpaired) electrons. The van der Waals surface area contributed by atoms with Crippen LogP contribution in [0.1, 0.15) is 39.5 Å². The fourth-order valence-corrected chi connectivity index (χ4v) is 2.74. The fourth-order valence-electron chi connectivity index (χ4n) is 2.74. The topological polar surface area (TPSA) is 18.5 Å². The second-order valence-electron chi connectivity index (χ2n) is 4.77. The van der Waals surface area contributed by atoms with Crippen molar-refractivity contribution in [3.05, 3.63) is 12.3 Å². The van der Waals surface area contributed by atoms with Crippen molar-refractivity contribution in [1.82, 2.24) is 0 Å². The first-order valence-electron chi connectivity index (χ1n) is 5.63. The van der Waals surface area contributed by atoms with Crippen LogP contribution in [0.5, 0.6) is 0 Å². The Morgan fingerprint density at radius 1 is 1.50 bits per heavy atom. The number of rotatable bonds is 4. The van der Waals surface area contributed by atoms with Gasteiger partial charge >= 0.3 is 0 Å². The quantitative estimate of drug-likeness (QED) is 0.508. The molecule has 0 saturated carbocycles. The van der Waals surface area contributed by atoms with Crippen molar-refractivity contribution in [3.8, 4) is 0 Å². The molecule has 3 atom stereocenters. The van der Waals surface area contributed by atoms with E-state index >= 15 is 0 Å². The van der Waals surface area contributed by atoms with E-state index in [0.717, 1.165) is 13.0 Å². The van der Waals surface area contributed by atoms with Crippen LogP contribution in [0.2, 0.25) is 0 Å². The smallest absolute Gasteiger partial charge is 0.0879 e. The lowest BCUT2D eigenvalue weighted by atomic mass is 9.73. The van der Waals surface area contributed by atoms with Gasteiger partial charge in [0.2, 0.25) is 0 Å². The second kappa shape index (κ2) is 3.93. The highest BCUT2D eigenvalue weighted by Crippen LogP contribution is 2.49. The van der Waals surface area contributed by atoms with Crippen LogP contribution in [0.4, 0.5) is 0 Å². The van der Waals surface area contributed by atoms with Gasteiger partial charge in [0.1, 0.15) is 0 Å². The van der Waals surface area contributed by atoms with Crippen molar-refractivity contribution in [3.63, 3.8) is 0 Å². The Balaban J connectivity index is 1.79. The van der Waals surface area contributed by atoms with E-state index in [0.29, 0.717) is 17.6 Å². The van der Waals surface area contributed by atoms with Crippen LogP contribution < -0.4 is 0 Å². The van der Waals surface area contributed by atoms with Gasteiger partial charge in [-0.25, -0.2) is 0 Å². The Morgan fingerprint density at radius 3 is 2.93 bits per heavy atom. The molecule has 2 fully saturated rings. The van der Waals surface area contributed by atoms with Crippen molar-refractivity contribution in [2.45, 2.75) is 51.7 Å². The molecule has 0 aromatic carbocycles. The van der Waals surface area contributed by atoms with Gasteiger partial charge in [-0.15, -0.1) is 0 Å². The van der Waals surface area contributed by atoms with Gasteiger partial charge in [0.25, 0.3) is 0 Å². The van der Waals surface area contributed by atoms with Crippen molar-refractivity contribution in [1.29, 1.82) is 0 Å². The lowest BCUT2D eigenvalue weighted by molar-refractivity contribution is 0.0541. The van der Waals surface area contributed by atoms with Gasteiger partial charge in [-0.05, 0) is 38.0 Å². The largest absolute Gasteiger partial charge is 0.502 e. The minimum absolute atomic E-state index is 0.379. The minimum Gasteiger partial charge on any atom is -0.502 e. The van der Waals surface area contributed by atoms with E-state index in [-0.39, 0.29) is 0 Å². The minimum atomic E-state index is 0.379. The van der Waals surface area contributed by atoms with Crippen LogP contribution in [-0.4, -0.2) is 18.8 Å². The molecule has 80 valence electrons. The molecular weight excluding hydrogens is 176 g/mol. The Morgan fingerprint density at radius 2 is 2.36 bits per heavy atom. The van der Waals surface area contributed by atoms with Crippen molar-refractivity contribution >= 4 is 0 Å². The molecule has 2 heterocycles. The molecule has 2 heteroatoms. The summed E-state index contributed by atoms with van der Waals surface area (Å²) < 4.78 is 11.3. The molecule has 2 bridgehead atoms. The molecular formula is C12H20O2. The van der Waals surface area contributed by atoms with E-state index in [9.17, 15) is 0 Å². The molecule has 0 aromatic rings. The molecule has 0 amide bonds. The Kier molecular flexibility index (Phi) is 2.82. The number of allylic oxidation sites excluding steroid dienone is 1. The third kappa shape index (κ3) is 1.81. The average molecular weight is 196 g/mol. The standard InChI is InChI=1S/C12H20O2/c1-3-7-13-8-6-12(2)9-10-4-5-11(12)14-10/h3,7,10-11H,4-6,8-9H2,1-2H3/b7-3+. The summed E-state index contributed by atoms with van der Waals surface area (Å²) in [7, 11) is 0. The number of hydrogen-bond donors (Lipinski definition) is 0. The van der Waals surface area contributed by atoms with Gasteiger partial charge < -0.3 is 9.47 Å². The normalized spacial score (nSPS) is 41.0. The molecule has 14 heavy (non-hydrogen) atoms. The zero-order chi connectivity index (χ0) is 10.0. The first-order chi connectivity index (χ1) is 6.74. The van der Waals surface area contributed by atoms with Crippen LogP contribution in [0.25, 0.3) is 0 Å². The SMILES string of the molecule is C/C=C/OCCC1(C)CC2CCC1O2. The van der Waals surface area contributed by atoms with Crippen molar-refractivity contribution in [2.24, 2.45) is 5.41 Å². The zero-order valence-electron chi connectivity index (χ0n) is 9.16. The van der Waals surface area contributed by atoms with Gasteiger partial charge in [-0.1, -0.05) is 13.0 Å². The molecule has 0 aromatic heterocycles. The first kappa shape index (κ1) is 10.0. The summed E-state index contributed by atoms with van der Waals surface area (Å²) in [5.41, 5.74) is 0.379. The van der Waals surface area contributed by atoms with Gasteiger partial charge in [-0.3, -0.25) is 0 Å². The predicted octanol–water partition coefficient (Wildman–Crippen LogP) is 2.88. The summed E-state index contributed by atoms with van der Waals surface area (Å²) in [4.78, 5) is 0. The lowest BCUT2D eigenvalue weighted by Gasteiger charge is -2.30. The predicted molar refractivity (Wildman–Crippen MR) is 56.0 cm³/mol. The van der Waals surface area contributed by atoms with E-state index in [4.69, 9.17) is 9.47 Å². The van der Waals surface area contributed by atoms with Crippen LogP contribution in [0, 0.1) is 5.41 Å². The Labute approximate surface area is 86.3 Å². The van der Waals surface area contributed by atoms with E-state index < -0.39 is 0 Å². The maximum absolute atomic E-state index is 5.87. The molecule has 0 spiro atoms. The molecule has 0 aliphatic carbocycles. The van der Waals surface area contributed by atoms with Crippen LogP contribution in [0.15, 0.2) is 12.3 Å². The summed E-state index contributed by atoms with van der Waals surface area (Å²) in [6.07, 6.45) is 9.64. The number of fused-ring (bicyclic) bond motifs is 2. The Bertz CT molecular complexity index is 224. The highest BCUT2D eigenvalue weighted by molar-refractivity contribution is 4.97. The van der Waals surface area contributed by atoms with Crippen molar-refractivity contribution in [2.75, 3.05) is 6.61 Å². The Hall–Kier alpha value is -0.500. The van der Waals surface area contributed by atoms with E-state index in [1.165, 1.54) is 19.3 Å². The van der Waals surface area contributed by atoms with Crippen molar-refractivity contribution < 1.29 is 9.47 Å². The molecule has 2 rings (SSSR count). The fraction of sp³-hybridized carbons (Fsp3) is 0.833. The average Bonchev–Trinajstić information content (AvgIpc) is 2.72. The summed E-state index contributed by atoms with van der Waals surface area (Å²) in [6, 6.07) is 0. The second-order valence-corrected chi connectivity index (χ2v) is 4.77. The third-order valence-corrected chi connectivity index (χ3v) is 3.60. The third-order valence-electron chi connectivity index (χ3n) is 3.60.